The van der Waals surface area contributed by atoms with Crippen LogP contribution in [0.15, 0.2) is 28.9 Å². The number of carbonyl (C=O) groups excluding carboxylic acids is 1. The van der Waals surface area contributed by atoms with Gasteiger partial charge in [-0.15, -0.1) is 0 Å². The number of benzene rings is 1. The zero-order valence-corrected chi connectivity index (χ0v) is 60.1. The highest BCUT2D eigenvalue weighted by Gasteiger charge is 2.18. The number of unbranched alkanes of at least 4 members (excludes halogenated alkanes) is 1. The molecule has 0 saturated carbocycles. The molecule has 35 nitrogen and oxygen atoms in total. The first-order valence-electron chi connectivity index (χ1n) is 35.5. The summed E-state index contributed by atoms with van der Waals surface area (Å²) in [6.07, 6.45) is 3.18. The molecule has 3 heterocycles. The molecule has 0 aliphatic rings. The fourth-order valence-electron chi connectivity index (χ4n) is 8.59. The summed E-state index contributed by atoms with van der Waals surface area (Å²) in [5.74, 6) is 0.254. The van der Waals surface area contributed by atoms with Gasteiger partial charge in [-0.1, -0.05) is 0 Å². The van der Waals surface area contributed by atoms with Crippen LogP contribution >= 0.6 is 0 Å². The van der Waals surface area contributed by atoms with Crippen molar-refractivity contribution >= 4 is 39.9 Å². The number of rotatable bonds is 80. The van der Waals surface area contributed by atoms with Crippen LogP contribution in [0.3, 0.4) is 0 Å². The Morgan fingerprint density at radius 3 is 0.980 bits per heavy atom. The molecule has 102 heavy (non-hydrogen) atoms. The highest BCUT2D eigenvalue weighted by molar-refractivity contribution is 5.99. The van der Waals surface area contributed by atoms with Gasteiger partial charge in [0.2, 0.25) is 5.91 Å². The second kappa shape index (κ2) is 68.1. The van der Waals surface area contributed by atoms with Gasteiger partial charge in [-0.3, -0.25) is 4.79 Å². The molecular weight excluding hydrogens is 1350 g/mol. The Morgan fingerprint density at radius 2 is 0.676 bits per heavy atom. The van der Waals surface area contributed by atoms with Crippen molar-refractivity contribution in [1.29, 1.82) is 0 Å². The number of carbonyl (C=O) groups is 1. The molecule has 1 amide bonds. The van der Waals surface area contributed by atoms with Crippen molar-refractivity contribution < 1.29 is 123 Å². The third-order valence-corrected chi connectivity index (χ3v) is 13.6. The maximum Gasteiger partial charge on any atom is 0.292 e. The predicted octanol–water partition coefficient (Wildman–Crippen LogP) is 1.44. The van der Waals surface area contributed by atoms with E-state index < -0.39 is 0 Å². The molecule has 0 aliphatic carbocycles. The first-order chi connectivity index (χ1) is 50.6. The lowest BCUT2D eigenvalue weighted by Crippen LogP contribution is -2.26. The maximum absolute atomic E-state index is 12.3. The number of ether oxygens (including phenoxy) is 24. The first kappa shape index (κ1) is 89.7. The maximum atomic E-state index is 12.3. The number of aromatic nitrogens is 5. The number of nitrogens with one attached hydrogen (secondary N) is 1. The van der Waals surface area contributed by atoms with Crippen LogP contribution in [0.1, 0.15) is 19.3 Å². The molecule has 0 fully saturated rings. The molecule has 7 N–H and O–H groups in total. The van der Waals surface area contributed by atoms with Crippen molar-refractivity contribution in [2.75, 3.05) is 342 Å². The Labute approximate surface area is 599 Å². The van der Waals surface area contributed by atoms with Crippen molar-refractivity contribution in [3.63, 3.8) is 0 Å². The van der Waals surface area contributed by atoms with E-state index in [4.69, 9.17) is 140 Å². The quantitative estimate of drug-likeness (QED) is 0.0454. The smallest absolute Gasteiger partial charge is 0.292 e. The zero-order chi connectivity index (χ0) is 72.0. The molecule has 0 radical (unpaired) electrons. The van der Waals surface area contributed by atoms with Crippen LogP contribution in [-0.2, 0) is 125 Å². The Hall–Kier alpha value is -4.69. The van der Waals surface area contributed by atoms with Crippen LogP contribution in [0.2, 0.25) is 0 Å². The summed E-state index contributed by atoms with van der Waals surface area (Å²) in [5, 5.41) is 8.41. The molecule has 0 spiro atoms. The van der Waals surface area contributed by atoms with Crippen molar-refractivity contribution in [2.45, 2.75) is 25.8 Å². The van der Waals surface area contributed by atoms with Crippen molar-refractivity contribution in [1.82, 2.24) is 30.0 Å². The van der Waals surface area contributed by atoms with Crippen LogP contribution in [0, 0.1) is 0 Å². The average molecular weight is 1470 g/mol. The first-order valence-corrected chi connectivity index (χ1v) is 35.5. The third-order valence-electron chi connectivity index (χ3n) is 13.6. The van der Waals surface area contributed by atoms with Crippen molar-refractivity contribution in [3.05, 3.63) is 24.5 Å². The van der Waals surface area contributed by atoms with Gasteiger partial charge in [0.1, 0.15) is 23.4 Å². The molecule has 0 saturated heterocycles. The molecule has 4 aromatic rings. The van der Waals surface area contributed by atoms with Gasteiger partial charge in [0.25, 0.3) is 6.01 Å². The van der Waals surface area contributed by atoms with E-state index in [0.717, 1.165) is 18.4 Å². The molecule has 1 aromatic carbocycles. The van der Waals surface area contributed by atoms with Gasteiger partial charge in [0, 0.05) is 31.6 Å². The molecular formula is C67H119N9O26. The number of amides is 1. The molecule has 35 heteroatoms. The molecule has 588 valence electrons. The van der Waals surface area contributed by atoms with Gasteiger partial charge < -0.3 is 141 Å². The third kappa shape index (κ3) is 50.7. The monoisotopic (exact) mass is 1470 g/mol. The second-order valence-corrected chi connectivity index (χ2v) is 21.6. The van der Waals surface area contributed by atoms with Gasteiger partial charge in [0.05, 0.1) is 323 Å². The van der Waals surface area contributed by atoms with E-state index in [1.54, 1.807) is 6.07 Å². The van der Waals surface area contributed by atoms with Gasteiger partial charge in [-0.05, 0) is 31.0 Å². The van der Waals surface area contributed by atoms with Gasteiger partial charge in [-0.25, -0.2) is 14.6 Å². The minimum Gasteiger partial charge on any atom is -0.424 e. The second-order valence-electron chi connectivity index (χ2n) is 21.6. The fourth-order valence-corrected chi connectivity index (χ4v) is 8.59. The Bertz CT molecular complexity index is 2500. The molecule has 0 atom stereocenters. The lowest BCUT2D eigenvalue weighted by molar-refractivity contribution is -0.122. The van der Waals surface area contributed by atoms with E-state index in [-0.39, 0.29) is 18.3 Å². The van der Waals surface area contributed by atoms with Crippen molar-refractivity contribution in [3.8, 4) is 11.3 Å². The zero-order valence-electron chi connectivity index (χ0n) is 60.1. The molecule has 4 rings (SSSR count). The van der Waals surface area contributed by atoms with E-state index in [2.05, 4.69) is 20.3 Å². The summed E-state index contributed by atoms with van der Waals surface area (Å²) in [5.41, 5.74) is 20.6. The largest absolute Gasteiger partial charge is 0.424 e. The summed E-state index contributed by atoms with van der Waals surface area (Å²) in [6, 6.07) is 5.59. The summed E-state index contributed by atoms with van der Waals surface area (Å²) in [6.45, 7) is 24.4. The summed E-state index contributed by atoms with van der Waals surface area (Å²) < 4.78 is 139. The number of anilines is 2. The van der Waals surface area contributed by atoms with Crippen LogP contribution in [0.25, 0.3) is 33.4 Å². The minimum atomic E-state index is -0.0776. The van der Waals surface area contributed by atoms with E-state index >= 15 is 0 Å². The van der Waals surface area contributed by atoms with Crippen LogP contribution in [-0.4, -0.2) is 361 Å². The number of aryl methyl sites for hydroxylation is 1. The van der Waals surface area contributed by atoms with Crippen LogP contribution < -0.4 is 22.5 Å². The van der Waals surface area contributed by atoms with E-state index in [1.807, 2.05) is 16.8 Å². The normalized spacial score (nSPS) is 11.8. The molecule has 0 unspecified atom stereocenters. The Morgan fingerprint density at radius 1 is 0.382 bits per heavy atom. The number of nitrogens with zero attached hydrogens (tertiary/aromatic N) is 5. The van der Waals surface area contributed by atoms with E-state index in [0.29, 0.717) is 370 Å². The van der Waals surface area contributed by atoms with Crippen LogP contribution in [0.4, 0.5) is 11.8 Å². The number of oxazole rings is 1. The minimum absolute atomic E-state index is 0.0776. The Kier molecular flexibility index (Phi) is 59.9. The predicted molar refractivity (Wildman–Crippen MR) is 373 cm³/mol. The number of nitrogens with two attached hydrogens (primary N) is 3. The molecule has 0 bridgehead atoms. The lowest BCUT2D eigenvalue weighted by atomic mass is 10.1. The molecule has 3 aromatic heterocycles. The highest BCUT2D eigenvalue weighted by atomic mass is 16.6. The highest BCUT2D eigenvalue weighted by Crippen LogP contribution is 2.32. The number of fused-ring (bicyclic) bond motifs is 2. The lowest BCUT2D eigenvalue weighted by Gasteiger charge is -2.09. The summed E-state index contributed by atoms with van der Waals surface area (Å²) in [4.78, 5) is 25.2. The summed E-state index contributed by atoms with van der Waals surface area (Å²) >= 11 is 0. The fraction of sp³-hybridized carbons (Fsp3) is 0.806. The van der Waals surface area contributed by atoms with Crippen LogP contribution in [0.5, 0.6) is 0 Å². The standard InChI is InChI=1S/C67H119N9O26/c68-6-10-79-12-14-81-16-18-83-20-22-85-24-26-87-28-30-89-32-34-91-36-38-93-40-42-95-44-46-97-48-50-99-52-54-101-56-55-100-53-51-98-49-47-96-45-43-94-41-39-92-37-35-90-33-31-88-29-27-86-25-23-84-21-19-82-17-15-80-13-11-78-9-5-62(77)71-7-1-2-8-76-66-63(65(69)72-58-73-66)64(75-76)59-3-4-61-60(57-59)74-67(70)102-61/h3-4,57-58H,1-2,5-56,68H2,(H2,70,74)(H,71,77)(H2,69,72,73). The van der Waals surface area contributed by atoms with Gasteiger partial charge in [0.15, 0.2) is 11.2 Å². The SMILES string of the molecule is NCCOCCOCCOCCOCCOCCOCCOCCOCCOCCOCCOCCOCCOCCOCCOCCOCCOCCOCCOCCOCCOCCOCCOCCOCCC(=O)NCCCCn1nc(-c2ccc3oc(N)nc3c2)c2c(N)ncnc21. The average Bonchev–Trinajstić information content (AvgIpc) is 1.56. The van der Waals surface area contributed by atoms with E-state index in [1.165, 1.54) is 6.33 Å². The Balaban J connectivity index is 0.715. The van der Waals surface area contributed by atoms with E-state index in [9.17, 15) is 4.79 Å². The van der Waals surface area contributed by atoms with Crippen molar-refractivity contribution in [2.24, 2.45) is 5.73 Å². The summed E-state index contributed by atoms with van der Waals surface area (Å²) in [7, 11) is 0. The number of nitrogen functional groups attached to an aromatic ring is 2. The number of hydrogen-bond acceptors (Lipinski definition) is 33. The topological polar surface area (TPSA) is 398 Å². The molecule has 0 aliphatic heterocycles. The number of hydrogen-bond donors (Lipinski definition) is 4. The van der Waals surface area contributed by atoms with Gasteiger partial charge in [-0.2, -0.15) is 10.1 Å². The van der Waals surface area contributed by atoms with Gasteiger partial charge >= 0.3 is 0 Å².